The van der Waals surface area contributed by atoms with E-state index < -0.39 is 0 Å². The smallest absolute Gasteiger partial charge is 0.181 e. The van der Waals surface area contributed by atoms with Crippen LogP contribution in [0.5, 0.6) is 0 Å². The lowest BCUT2D eigenvalue weighted by atomic mass is 10.2. The van der Waals surface area contributed by atoms with Gasteiger partial charge in [0, 0.05) is 34.4 Å². The number of halogens is 1. The number of anilines is 2. The summed E-state index contributed by atoms with van der Waals surface area (Å²) in [4.78, 5) is 4.50. The van der Waals surface area contributed by atoms with Gasteiger partial charge in [-0.15, -0.1) is 0 Å². The van der Waals surface area contributed by atoms with Crippen LogP contribution in [0.4, 0.5) is 11.4 Å². The summed E-state index contributed by atoms with van der Waals surface area (Å²) >= 11 is 3.46. The Hall–Kier alpha value is -2.34. The zero-order chi connectivity index (χ0) is 15.4. The molecule has 1 heterocycles. The van der Waals surface area contributed by atoms with Crippen molar-refractivity contribution in [3.8, 4) is 11.4 Å². The molecule has 3 rings (SSSR count). The molecule has 0 amide bonds. The Balaban J connectivity index is 1.59. The zero-order valence-corrected chi connectivity index (χ0v) is 13.5. The van der Waals surface area contributed by atoms with Crippen LogP contribution in [0.3, 0.4) is 0 Å². The molecule has 0 radical (unpaired) electrons. The Labute approximate surface area is 137 Å². The first kappa shape index (κ1) is 14.6. The number of benzene rings is 2. The first-order chi connectivity index (χ1) is 10.7. The molecule has 22 heavy (non-hydrogen) atoms. The third kappa shape index (κ3) is 3.65. The third-order valence-corrected chi connectivity index (χ3v) is 3.71. The van der Waals surface area contributed by atoms with E-state index in [-0.39, 0.29) is 0 Å². The van der Waals surface area contributed by atoms with Crippen LogP contribution < -0.4 is 11.1 Å². The number of H-pyrrole nitrogens is 1. The first-order valence-corrected chi connectivity index (χ1v) is 7.76. The minimum Gasteiger partial charge on any atom is -0.399 e. The first-order valence-electron chi connectivity index (χ1n) is 6.97. The molecule has 0 saturated carbocycles. The van der Waals surface area contributed by atoms with Gasteiger partial charge in [0.05, 0.1) is 0 Å². The second-order valence-electron chi connectivity index (χ2n) is 4.91. The Bertz CT molecular complexity index is 751. The van der Waals surface area contributed by atoms with E-state index in [2.05, 4.69) is 36.4 Å². The normalized spacial score (nSPS) is 10.6. The number of hydrogen-bond acceptors (Lipinski definition) is 4. The highest BCUT2D eigenvalue weighted by Gasteiger charge is 2.05. The fourth-order valence-corrected chi connectivity index (χ4v) is 2.49. The molecule has 5 nitrogen and oxygen atoms in total. The highest BCUT2D eigenvalue weighted by Crippen LogP contribution is 2.17. The summed E-state index contributed by atoms with van der Waals surface area (Å²) < 4.78 is 1.06. The predicted octanol–water partition coefficient (Wildman–Crippen LogP) is 3.47. The number of nitrogen functional groups attached to an aromatic ring is 1. The van der Waals surface area contributed by atoms with Crippen LogP contribution in [-0.2, 0) is 6.42 Å². The molecular formula is C16H16BrN5. The van der Waals surface area contributed by atoms with E-state index >= 15 is 0 Å². The molecule has 0 aliphatic rings. The number of aromatic nitrogens is 3. The summed E-state index contributed by atoms with van der Waals surface area (Å²) in [6, 6.07) is 15.6. The molecule has 6 heteroatoms. The molecule has 0 spiro atoms. The van der Waals surface area contributed by atoms with Crippen molar-refractivity contribution in [2.24, 2.45) is 0 Å². The highest BCUT2D eigenvalue weighted by molar-refractivity contribution is 9.10. The molecule has 0 fully saturated rings. The zero-order valence-electron chi connectivity index (χ0n) is 11.9. The second-order valence-corrected chi connectivity index (χ2v) is 5.83. The largest absolute Gasteiger partial charge is 0.399 e. The Morgan fingerprint density at radius 3 is 2.73 bits per heavy atom. The maximum atomic E-state index is 5.68. The Morgan fingerprint density at radius 2 is 1.95 bits per heavy atom. The summed E-state index contributed by atoms with van der Waals surface area (Å²) in [7, 11) is 0. The predicted molar refractivity (Wildman–Crippen MR) is 92.6 cm³/mol. The van der Waals surface area contributed by atoms with Crippen LogP contribution in [0, 0.1) is 0 Å². The molecule has 0 unspecified atom stereocenters. The second kappa shape index (κ2) is 6.62. The minimum atomic E-state index is 0.692. The van der Waals surface area contributed by atoms with Crippen LogP contribution >= 0.6 is 15.9 Å². The molecule has 3 aromatic rings. The number of nitrogens with one attached hydrogen (secondary N) is 2. The van der Waals surface area contributed by atoms with Crippen molar-refractivity contribution in [3.63, 3.8) is 0 Å². The standard InChI is InChI=1S/C16H16BrN5/c17-12-2-1-3-14(10-12)19-9-8-15-20-16(22-21-15)11-4-6-13(18)7-5-11/h1-7,10,19H,8-9,18H2,(H,20,21,22). The van der Waals surface area contributed by atoms with Gasteiger partial charge in [0.1, 0.15) is 5.82 Å². The van der Waals surface area contributed by atoms with E-state index in [9.17, 15) is 0 Å². The van der Waals surface area contributed by atoms with Crippen molar-refractivity contribution in [3.05, 3.63) is 58.8 Å². The molecule has 2 aromatic carbocycles. The maximum absolute atomic E-state index is 5.68. The monoisotopic (exact) mass is 357 g/mol. The molecule has 1 aromatic heterocycles. The average Bonchev–Trinajstić information content (AvgIpc) is 2.97. The van der Waals surface area contributed by atoms with Gasteiger partial charge in [-0.25, -0.2) is 4.98 Å². The Kier molecular flexibility index (Phi) is 4.39. The van der Waals surface area contributed by atoms with Crippen LogP contribution in [0.15, 0.2) is 53.0 Å². The van der Waals surface area contributed by atoms with Gasteiger partial charge in [0.2, 0.25) is 0 Å². The molecule has 0 saturated heterocycles. The van der Waals surface area contributed by atoms with Gasteiger partial charge in [0.25, 0.3) is 0 Å². The van der Waals surface area contributed by atoms with Crippen molar-refractivity contribution < 1.29 is 0 Å². The fourth-order valence-electron chi connectivity index (χ4n) is 2.09. The maximum Gasteiger partial charge on any atom is 0.181 e. The molecule has 0 aliphatic carbocycles. The van der Waals surface area contributed by atoms with E-state index in [4.69, 9.17) is 5.73 Å². The summed E-state index contributed by atoms with van der Waals surface area (Å²) in [5, 5.41) is 10.6. The van der Waals surface area contributed by atoms with E-state index in [1.165, 1.54) is 0 Å². The summed E-state index contributed by atoms with van der Waals surface area (Å²) in [5.41, 5.74) is 8.45. The number of nitrogens with zero attached hydrogens (tertiary/aromatic N) is 2. The summed E-state index contributed by atoms with van der Waals surface area (Å²) in [6.45, 7) is 0.785. The van der Waals surface area contributed by atoms with Crippen LogP contribution in [-0.4, -0.2) is 21.7 Å². The lowest BCUT2D eigenvalue weighted by Crippen LogP contribution is -2.05. The quantitative estimate of drug-likeness (QED) is 0.610. The minimum absolute atomic E-state index is 0.692. The van der Waals surface area contributed by atoms with Crippen LogP contribution in [0.2, 0.25) is 0 Å². The topological polar surface area (TPSA) is 79.6 Å². The summed E-state index contributed by atoms with van der Waals surface area (Å²) in [6.07, 6.45) is 0.772. The van der Waals surface area contributed by atoms with Crippen LogP contribution in [0.1, 0.15) is 5.82 Å². The lowest BCUT2D eigenvalue weighted by molar-refractivity contribution is 0.901. The van der Waals surface area contributed by atoms with Gasteiger partial charge < -0.3 is 11.1 Å². The van der Waals surface area contributed by atoms with Crippen molar-refractivity contribution in [2.75, 3.05) is 17.6 Å². The molecule has 4 N–H and O–H groups in total. The lowest BCUT2D eigenvalue weighted by Gasteiger charge is -2.04. The number of nitrogens with two attached hydrogens (primary N) is 1. The van der Waals surface area contributed by atoms with Gasteiger partial charge in [-0.2, -0.15) is 5.10 Å². The van der Waals surface area contributed by atoms with Crippen molar-refractivity contribution in [1.82, 2.24) is 15.2 Å². The average molecular weight is 358 g/mol. The molecule has 0 atom stereocenters. The van der Waals surface area contributed by atoms with Gasteiger partial charge in [-0.3, -0.25) is 5.10 Å². The van der Waals surface area contributed by atoms with Gasteiger partial charge in [0.15, 0.2) is 5.82 Å². The van der Waals surface area contributed by atoms with E-state index in [0.717, 1.165) is 40.2 Å². The molecule has 0 bridgehead atoms. The number of aromatic amines is 1. The van der Waals surface area contributed by atoms with Crippen molar-refractivity contribution in [2.45, 2.75) is 6.42 Å². The molecule has 0 aliphatic heterocycles. The third-order valence-electron chi connectivity index (χ3n) is 3.22. The van der Waals surface area contributed by atoms with Crippen molar-refractivity contribution in [1.29, 1.82) is 0 Å². The van der Waals surface area contributed by atoms with Gasteiger partial charge >= 0.3 is 0 Å². The van der Waals surface area contributed by atoms with Gasteiger partial charge in [-0.05, 0) is 42.5 Å². The highest BCUT2D eigenvalue weighted by atomic mass is 79.9. The van der Waals surface area contributed by atoms with E-state index in [1.807, 2.05) is 48.5 Å². The van der Waals surface area contributed by atoms with E-state index in [0.29, 0.717) is 5.82 Å². The van der Waals surface area contributed by atoms with Crippen LogP contribution in [0.25, 0.3) is 11.4 Å². The summed E-state index contributed by atoms with van der Waals surface area (Å²) in [5.74, 6) is 1.55. The molecule has 112 valence electrons. The number of hydrogen-bond donors (Lipinski definition) is 3. The SMILES string of the molecule is Nc1ccc(-c2n[nH]c(CCNc3cccc(Br)c3)n2)cc1. The Morgan fingerprint density at radius 1 is 1.14 bits per heavy atom. The van der Waals surface area contributed by atoms with Crippen molar-refractivity contribution >= 4 is 27.3 Å². The molecular weight excluding hydrogens is 342 g/mol. The van der Waals surface area contributed by atoms with E-state index in [1.54, 1.807) is 0 Å². The van der Waals surface area contributed by atoms with Gasteiger partial charge in [-0.1, -0.05) is 22.0 Å². The number of rotatable bonds is 5. The fraction of sp³-hybridized carbons (Fsp3) is 0.125.